The monoisotopic (exact) mass is 281 g/mol. The highest BCUT2D eigenvalue weighted by molar-refractivity contribution is 5.43. The van der Waals surface area contributed by atoms with E-state index in [1.807, 2.05) is 18.2 Å². The van der Waals surface area contributed by atoms with Gasteiger partial charge in [-0.15, -0.1) is 0 Å². The molecule has 0 fully saturated rings. The minimum atomic E-state index is 0.532. The zero-order valence-corrected chi connectivity index (χ0v) is 12.9. The van der Waals surface area contributed by atoms with Crippen LogP contribution in [0.15, 0.2) is 18.2 Å². The standard InChI is InChI=1S/C16H27NO3/c1-13(2)7-9-19-10-11-20-15-5-4-14(6-8-17)12-16(15)18-3/h4-5,12-13H,6-11,17H2,1-3H3. The predicted molar refractivity (Wildman–Crippen MR) is 81.5 cm³/mol. The molecule has 1 aromatic rings. The van der Waals surface area contributed by atoms with Crippen LogP contribution in [0.3, 0.4) is 0 Å². The Kier molecular flexibility index (Phi) is 8.07. The van der Waals surface area contributed by atoms with Gasteiger partial charge in [-0.05, 0) is 43.0 Å². The Hall–Kier alpha value is -1.26. The van der Waals surface area contributed by atoms with E-state index < -0.39 is 0 Å². The van der Waals surface area contributed by atoms with E-state index in [0.717, 1.165) is 36.5 Å². The zero-order chi connectivity index (χ0) is 14.8. The molecule has 1 rings (SSSR count). The van der Waals surface area contributed by atoms with Gasteiger partial charge in [0.05, 0.1) is 13.7 Å². The minimum Gasteiger partial charge on any atom is -0.493 e. The fourth-order valence-electron chi connectivity index (χ4n) is 1.79. The number of ether oxygens (including phenoxy) is 3. The molecule has 0 spiro atoms. The Morgan fingerprint density at radius 1 is 1.10 bits per heavy atom. The highest BCUT2D eigenvalue weighted by Gasteiger charge is 2.05. The van der Waals surface area contributed by atoms with Crippen molar-refractivity contribution in [3.8, 4) is 11.5 Å². The van der Waals surface area contributed by atoms with Crippen molar-refractivity contribution in [2.75, 3.05) is 33.5 Å². The van der Waals surface area contributed by atoms with E-state index >= 15 is 0 Å². The molecule has 0 aliphatic rings. The number of rotatable bonds is 10. The first-order chi connectivity index (χ1) is 9.67. The van der Waals surface area contributed by atoms with Gasteiger partial charge in [-0.1, -0.05) is 19.9 Å². The van der Waals surface area contributed by atoms with Crippen LogP contribution >= 0.6 is 0 Å². The number of hydrogen-bond acceptors (Lipinski definition) is 4. The number of nitrogens with two attached hydrogens (primary N) is 1. The molecule has 1 aromatic carbocycles. The average molecular weight is 281 g/mol. The maximum atomic E-state index is 5.69. The van der Waals surface area contributed by atoms with E-state index in [2.05, 4.69) is 13.8 Å². The van der Waals surface area contributed by atoms with Gasteiger partial charge in [0, 0.05) is 6.61 Å². The van der Waals surface area contributed by atoms with Crippen LogP contribution in [0.1, 0.15) is 25.8 Å². The number of benzene rings is 1. The van der Waals surface area contributed by atoms with Crippen molar-refractivity contribution in [2.45, 2.75) is 26.7 Å². The van der Waals surface area contributed by atoms with Gasteiger partial charge in [0.25, 0.3) is 0 Å². The summed E-state index contributed by atoms with van der Waals surface area (Å²) in [6.07, 6.45) is 1.92. The molecule has 0 bridgehead atoms. The van der Waals surface area contributed by atoms with Crippen LogP contribution in [0.2, 0.25) is 0 Å². The summed E-state index contributed by atoms with van der Waals surface area (Å²) in [5.74, 6) is 2.17. The lowest BCUT2D eigenvalue weighted by molar-refractivity contribution is 0.0916. The van der Waals surface area contributed by atoms with Gasteiger partial charge in [0.1, 0.15) is 6.61 Å². The summed E-state index contributed by atoms with van der Waals surface area (Å²) in [5, 5.41) is 0. The van der Waals surface area contributed by atoms with Crippen LogP contribution in [-0.2, 0) is 11.2 Å². The first kappa shape index (κ1) is 16.8. The lowest BCUT2D eigenvalue weighted by Crippen LogP contribution is -2.09. The number of hydrogen-bond donors (Lipinski definition) is 1. The number of methoxy groups -OCH3 is 1. The van der Waals surface area contributed by atoms with Gasteiger partial charge in [-0.2, -0.15) is 0 Å². The third kappa shape index (κ3) is 6.26. The van der Waals surface area contributed by atoms with Crippen molar-refractivity contribution in [3.63, 3.8) is 0 Å². The van der Waals surface area contributed by atoms with E-state index in [9.17, 15) is 0 Å². The first-order valence-electron chi connectivity index (χ1n) is 7.25. The smallest absolute Gasteiger partial charge is 0.161 e. The summed E-state index contributed by atoms with van der Waals surface area (Å²) in [6, 6.07) is 5.92. The Labute approximate surface area is 122 Å². The van der Waals surface area contributed by atoms with E-state index in [0.29, 0.717) is 25.7 Å². The van der Waals surface area contributed by atoms with Crippen LogP contribution in [-0.4, -0.2) is 33.5 Å². The average Bonchev–Trinajstić information content (AvgIpc) is 2.43. The van der Waals surface area contributed by atoms with Crippen molar-refractivity contribution >= 4 is 0 Å². The Balaban J connectivity index is 2.35. The molecule has 0 aliphatic heterocycles. The molecule has 4 nitrogen and oxygen atoms in total. The van der Waals surface area contributed by atoms with Crippen molar-refractivity contribution in [1.29, 1.82) is 0 Å². The normalized spacial score (nSPS) is 10.8. The first-order valence-corrected chi connectivity index (χ1v) is 7.25. The van der Waals surface area contributed by atoms with Crippen LogP contribution in [0.4, 0.5) is 0 Å². The quantitative estimate of drug-likeness (QED) is 0.670. The zero-order valence-electron chi connectivity index (χ0n) is 12.9. The highest BCUT2D eigenvalue weighted by Crippen LogP contribution is 2.28. The fourth-order valence-corrected chi connectivity index (χ4v) is 1.79. The largest absolute Gasteiger partial charge is 0.493 e. The summed E-state index contributed by atoms with van der Waals surface area (Å²) >= 11 is 0. The van der Waals surface area contributed by atoms with Crippen LogP contribution in [0.25, 0.3) is 0 Å². The SMILES string of the molecule is COc1cc(CCN)ccc1OCCOCCC(C)C. The molecule has 2 N–H and O–H groups in total. The molecule has 20 heavy (non-hydrogen) atoms. The molecular weight excluding hydrogens is 254 g/mol. The molecule has 0 saturated carbocycles. The molecule has 0 aliphatic carbocycles. The van der Waals surface area contributed by atoms with Gasteiger partial charge >= 0.3 is 0 Å². The molecule has 0 atom stereocenters. The predicted octanol–water partition coefficient (Wildman–Crippen LogP) is 2.64. The summed E-state index contributed by atoms with van der Waals surface area (Å²) in [7, 11) is 1.65. The Bertz CT molecular complexity index is 380. The molecule has 4 heteroatoms. The molecule has 0 aromatic heterocycles. The van der Waals surface area contributed by atoms with Crippen molar-refractivity contribution in [3.05, 3.63) is 23.8 Å². The van der Waals surface area contributed by atoms with Gasteiger partial charge in [0.2, 0.25) is 0 Å². The third-order valence-electron chi connectivity index (χ3n) is 2.99. The lowest BCUT2D eigenvalue weighted by Gasteiger charge is -2.12. The summed E-state index contributed by atoms with van der Waals surface area (Å²) in [5.41, 5.74) is 6.71. The van der Waals surface area contributed by atoms with E-state index in [-0.39, 0.29) is 0 Å². The molecule has 114 valence electrons. The second-order valence-electron chi connectivity index (χ2n) is 5.17. The summed E-state index contributed by atoms with van der Waals surface area (Å²) in [6.45, 7) is 6.92. The van der Waals surface area contributed by atoms with Gasteiger partial charge < -0.3 is 19.9 Å². The molecular formula is C16H27NO3. The second-order valence-corrected chi connectivity index (χ2v) is 5.17. The van der Waals surface area contributed by atoms with Crippen molar-refractivity contribution in [2.24, 2.45) is 11.7 Å². The van der Waals surface area contributed by atoms with Gasteiger partial charge in [0.15, 0.2) is 11.5 Å². The van der Waals surface area contributed by atoms with Gasteiger partial charge in [-0.25, -0.2) is 0 Å². The van der Waals surface area contributed by atoms with E-state index in [4.69, 9.17) is 19.9 Å². The maximum Gasteiger partial charge on any atom is 0.161 e. The summed E-state index contributed by atoms with van der Waals surface area (Å²) in [4.78, 5) is 0. The Morgan fingerprint density at radius 3 is 2.55 bits per heavy atom. The molecule has 0 radical (unpaired) electrons. The van der Waals surface area contributed by atoms with Crippen molar-refractivity contribution in [1.82, 2.24) is 0 Å². The van der Waals surface area contributed by atoms with Crippen LogP contribution in [0.5, 0.6) is 11.5 Å². The Morgan fingerprint density at radius 2 is 1.90 bits per heavy atom. The maximum absolute atomic E-state index is 5.69. The third-order valence-corrected chi connectivity index (χ3v) is 2.99. The minimum absolute atomic E-state index is 0.532. The van der Waals surface area contributed by atoms with Gasteiger partial charge in [-0.3, -0.25) is 0 Å². The fraction of sp³-hybridized carbons (Fsp3) is 0.625. The summed E-state index contributed by atoms with van der Waals surface area (Å²) < 4.78 is 16.5. The highest BCUT2D eigenvalue weighted by atomic mass is 16.5. The lowest BCUT2D eigenvalue weighted by atomic mass is 10.1. The molecule has 0 unspecified atom stereocenters. The van der Waals surface area contributed by atoms with Crippen LogP contribution < -0.4 is 15.2 Å². The van der Waals surface area contributed by atoms with E-state index in [1.54, 1.807) is 7.11 Å². The molecule has 0 saturated heterocycles. The molecule has 0 heterocycles. The van der Waals surface area contributed by atoms with Crippen LogP contribution in [0, 0.1) is 5.92 Å². The topological polar surface area (TPSA) is 53.7 Å². The second kappa shape index (κ2) is 9.61. The van der Waals surface area contributed by atoms with Crippen molar-refractivity contribution < 1.29 is 14.2 Å². The molecule has 0 amide bonds. The van der Waals surface area contributed by atoms with E-state index in [1.165, 1.54) is 0 Å².